The number of ether oxygens (including phenoxy) is 2. The lowest BCUT2D eigenvalue weighted by Gasteiger charge is -2.39. The summed E-state index contributed by atoms with van der Waals surface area (Å²) in [6.45, 7) is 7.20. The number of carbonyl (C=O) groups excluding carboxylic acids is 1. The van der Waals surface area contributed by atoms with Crippen LogP contribution in [0, 0.1) is 0 Å². The molecule has 110 valence electrons. The van der Waals surface area contributed by atoms with Crippen molar-refractivity contribution in [3.05, 3.63) is 35.4 Å². The van der Waals surface area contributed by atoms with Gasteiger partial charge in [0.05, 0.1) is 19.8 Å². The smallest absolute Gasteiger partial charge is 0.333 e. The number of benzene rings is 1. The molecule has 0 spiro atoms. The number of fused-ring (bicyclic) bond motifs is 1. The van der Waals surface area contributed by atoms with Crippen molar-refractivity contribution in [2.75, 3.05) is 13.2 Å². The molecule has 2 atom stereocenters. The van der Waals surface area contributed by atoms with Gasteiger partial charge in [0, 0.05) is 6.04 Å². The Bertz CT molecular complexity index is 475. The number of carbonyl (C=O) groups is 1. The minimum absolute atomic E-state index is 0.203. The summed E-state index contributed by atoms with van der Waals surface area (Å²) in [5, 5.41) is 3.42. The summed E-state index contributed by atoms with van der Waals surface area (Å²) in [4.78, 5) is 12.6. The topological polar surface area (TPSA) is 47.6 Å². The van der Waals surface area contributed by atoms with E-state index in [9.17, 15) is 4.79 Å². The number of hydrogen-bond acceptors (Lipinski definition) is 4. The zero-order valence-corrected chi connectivity index (χ0v) is 12.4. The molecular weight excluding hydrogens is 254 g/mol. The van der Waals surface area contributed by atoms with Crippen LogP contribution in [0.5, 0.6) is 0 Å². The molecule has 2 rings (SSSR count). The molecule has 0 aliphatic carbocycles. The van der Waals surface area contributed by atoms with Gasteiger partial charge in [-0.2, -0.15) is 0 Å². The second kappa shape index (κ2) is 6.37. The van der Waals surface area contributed by atoms with Crippen LogP contribution < -0.4 is 5.32 Å². The molecule has 1 aliphatic heterocycles. The first-order chi connectivity index (χ1) is 9.64. The first-order valence-corrected chi connectivity index (χ1v) is 7.25. The Balaban J connectivity index is 2.44. The van der Waals surface area contributed by atoms with Crippen molar-refractivity contribution in [1.82, 2.24) is 5.32 Å². The lowest BCUT2D eigenvalue weighted by atomic mass is 9.84. The van der Waals surface area contributed by atoms with Crippen molar-refractivity contribution < 1.29 is 14.3 Å². The largest absolute Gasteiger partial charge is 0.464 e. The van der Waals surface area contributed by atoms with Crippen molar-refractivity contribution in [3.8, 4) is 0 Å². The van der Waals surface area contributed by atoms with Gasteiger partial charge in [0.1, 0.15) is 0 Å². The second-order valence-corrected chi connectivity index (χ2v) is 5.23. The Kier molecular flexibility index (Phi) is 4.78. The highest BCUT2D eigenvalue weighted by atomic mass is 16.5. The Morgan fingerprint density at radius 2 is 2.20 bits per heavy atom. The van der Waals surface area contributed by atoms with Crippen LogP contribution in [0.2, 0.25) is 0 Å². The summed E-state index contributed by atoms with van der Waals surface area (Å²) in [6.07, 6.45) is 0.934. The molecule has 0 bridgehead atoms. The van der Waals surface area contributed by atoms with Crippen LogP contribution in [0.15, 0.2) is 24.3 Å². The van der Waals surface area contributed by atoms with Crippen molar-refractivity contribution in [2.45, 2.75) is 45.4 Å². The van der Waals surface area contributed by atoms with E-state index in [4.69, 9.17) is 9.47 Å². The molecule has 0 fully saturated rings. The summed E-state index contributed by atoms with van der Waals surface area (Å²) in [6, 6.07) is 8.11. The van der Waals surface area contributed by atoms with E-state index in [0.29, 0.717) is 19.8 Å². The monoisotopic (exact) mass is 277 g/mol. The Hall–Kier alpha value is -1.39. The van der Waals surface area contributed by atoms with Gasteiger partial charge in [-0.3, -0.25) is 5.32 Å². The van der Waals surface area contributed by atoms with Crippen LogP contribution >= 0.6 is 0 Å². The predicted molar refractivity (Wildman–Crippen MR) is 77.3 cm³/mol. The first-order valence-electron chi connectivity index (χ1n) is 7.25. The van der Waals surface area contributed by atoms with E-state index < -0.39 is 5.54 Å². The van der Waals surface area contributed by atoms with Crippen molar-refractivity contribution >= 4 is 5.97 Å². The molecule has 4 heteroatoms. The van der Waals surface area contributed by atoms with E-state index in [0.717, 1.165) is 17.5 Å². The van der Waals surface area contributed by atoms with Gasteiger partial charge in [-0.15, -0.1) is 0 Å². The summed E-state index contributed by atoms with van der Waals surface area (Å²) in [5.74, 6) is -0.257. The fraction of sp³-hybridized carbons (Fsp3) is 0.562. The maximum absolute atomic E-state index is 12.6. The van der Waals surface area contributed by atoms with E-state index in [1.807, 2.05) is 31.2 Å². The fourth-order valence-electron chi connectivity index (χ4n) is 2.58. The zero-order chi connectivity index (χ0) is 14.6. The van der Waals surface area contributed by atoms with Gasteiger partial charge in [0.25, 0.3) is 0 Å². The van der Waals surface area contributed by atoms with Crippen molar-refractivity contribution in [1.29, 1.82) is 0 Å². The van der Waals surface area contributed by atoms with Crippen LogP contribution in [0.3, 0.4) is 0 Å². The molecular formula is C16H23NO3. The lowest BCUT2D eigenvalue weighted by molar-refractivity contribution is -0.157. The van der Waals surface area contributed by atoms with Gasteiger partial charge in [-0.25, -0.2) is 4.79 Å². The van der Waals surface area contributed by atoms with E-state index in [1.54, 1.807) is 0 Å². The van der Waals surface area contributed by atoms with Gasteiger partial charge in [-0.1, -0.05) is 31.2 Å². The van der Waals surface area contributed by atoms with Crippen molar-refractivity contribution in [3.63, 3.8) is 0 Å². The van der Waals surface area contributed by atoms with E-state index in [-0.39, 0.29) is 12.0 Å². The third-order valence-electron chi connectivity index (χ3n) is 3.78. The van der Waals surface area contributed by atoms with Gasteiger partial charge in [0.2, 0.25) is 0 Å². The average Bonchev–Trinajstić information content (AvgIpc) is 2.47. The summed E-state index contributed by atoms with van der Waals surface area (Å²) >= 11 is 0. The predicted octanol–water partition coefficient (Wildman–Crippen LogP) is 2.36. The quantitative estimate of drug-likeness (QED) is 0.839. The molecule has 4 nitrogen and oxygen atoms in total. The van der Waals surface area contributed by atoms with Crippen LogP contribution in [-0.4, -0.2) is 25.2 Å². The van der Waals surface area contributed by atoms with Crippen LogP contribution in [0.1, 0.15) is 38.3 Å². The molecule has 1 heterocycles. The number of hydrogen-bond donors (Lipinski definition) is 1. The molecule has 1 aromatic rings. The molecule has 0 saturated heterocycles. The highest BCUT2D eigenvalue weighted by Crippen LogP contribution is 2.32. The van der Waals surface area contributed by atoms with Gasteiger partial charge < -0.3 is 9.47 Å². The minimum Gasteiger partial charge on any atom is -0.464 e. The lowest BCUT2D eigenvalue weighted by Crippen LogP contribution is -2.58. The van der Waals surface area contributed by atoms with E-state index in [1.165, 1.54) is 0 Å². The minimum atomic E-state index is -0.889. The molecule has 0 radical (unpaired) electrons. The second-order valence-electron chi connectivity index (χ2n) is 5.23. The normalized spacial score (nSPS) is 22.9. The molecule has 0 saturated carbocycles. The van der Waals surface area contributed by atoms with Crippen molar-refractivity contribution in [2.24, 2.45) is 0 Å². The highest BCUT2D eigenvalue weighted by molar-refractivity contribution is 5.84. The number of esters is 1. The SMILES string of the molecule is CCOC(=O)C1(NC(C)CC)COCc2ccccc21. The fourth-order valence-corrected chi connectivity index (χ4v) is 2.58. The summed E-state index contributed by atoms with van der Waals surface area (Å²) in [7, 11) is 0. The molecule has 0 amide bonds. The van der Waals surface area contributed by atoms with Gasteiger partial charge in [-0.05, 0) is 31.4 Å². The molecule has 1 aromatic carbocycles. The van der Waals surface area contributed by atoms with Crippen LogP contribution in [0.25, 0.3) is 0 Å². The summed E-state index contributed by atoms with van der Waals surface area (Å²) in [5.41, 5.74) is 1.13. The summed E-state index contributed by atoms with van der Waals surface area (Å²) < 4.78 is 11.0. The van der Waals surface area contributed by atoms with E-state index in [2.05, 4.69) is 19.2 Å². The molecule has 0 aromatic heterocycles. The third-order valence-corrected chi connectivity index (χ3v) is 3.78. The third kappa shape index (κ3) is 2.72. The van der Waals surface area contributed by atoms with E-state index >= 15 is 0 Å². The molecule has 1 aliphatic rings. The van der Waals surface area contributed by atoms with Crippen LogP contribution in [-0.2, 0) is 26.4 Å². The maximum Gasteiger partial charge on any atom is 0.333 e. The Morgan fingerprint density at radius 3 is 2.90 bits per heavy atom. The maximum atomic E-state index is 12.6. The standard InChI is InChI=1S/C16H23NO3/c1-4-12(3)17-16(15(18)20-5-2)11-19-10-13-8-6-7-9-14(13)16/h6-9,12,17H,4-5,10-11H2,1-3H3. The average molecular weight is 277 g/mol. The zero-order valence-electron chi connectivity index (χ0n) is 12.4. The number of rotatable bonds is 5. The first kappa shape index (κ1) is 15.0. The molecule has 20 heavy (non-hydrogen) atoms. The van der Waals surface area contributed by atoms with Gasteiger partial charge >= 0.3 is 5.97 Å². The van der Waals surface area contributed by atoms with Crippen LogP contribution in [0.4, 0.5) is 0 Å². The molecule has 2 unspecified atom stereocenters. The van der Waals surface area contributed by atoms with Gasteiger partial charge in [0.15, 0.2) is 5.54 Å². The molecule has 1 N–H and O–H groups in total. The Morgan fingerprint density at radius 1 is 1.45 bits per heavy atom. The Labute approximate surface area is 120 Å². The number of nitrogens with one attached hydrogen (secondary N) is 1. The highest BCUT2D eigenvalue weighted by Gasteiger charge is 2.46.